The van der Waals surface area contributed by atoms with Crippen molar-refractivity contribution in [2.75, 3.05) is 33.9 Å². The van der Waals surface area contributed by atoms with Gasteiger partial charge in [-0.1, -0.05) is 71.7 Å². The van der Waals surface area contributed by atoms with E-state index in [1.165, 1.54) is 0 Å². The monoisotopic (exact) mass is 701 g/mol. The summed E-state index contributed by atoms with van der Waals surface area (Å²) in [4.78, 5) is 37.3. The van der Waals surface area contributed by atoms with E-state index in [9.17, 15) is 14.7 Å². The molecule has 3 fully saturated rings. The Morgan fingerprint density at radius 3 is 1.94 bits per heavy atom. The lowest BCUT2D eigenvalue weighted by Gasteiger charge is -2.48. The van der Waals surface area contributed by atoms with Gasteiger partial charge in [-0.05, 0) is 37.9 Å². The molecule has 0 aliphatic carbocycles. The number of benzene rings is 2. The van der Waals surface area contributed by atoms with Crippen LogP contribution in [0.5, 0.6) is 11.8 Å². The summed E-state index contributed by atoms with van der Waals surface area (Å²) in [5.41, 5.74) is 5.93. The fourth-order valence-corrected chi connectivity index (χ4v) is 8.04. The molecule has 1 atom stereocenters. The maximum absolute atomic E-state index is 11.7. The zero-order valence-corrected chi connectivity index (χ0v) is 28.9. The maximum atomic E-state index is 11.7. The van der Waals surface area contributed by atoms with Gasteiger partial charge in [0, 0.05) is 66.0 Å². The molecule has 12 heteroatoms. The third-order valence-corrected chi connectivity index (χ3v) is 10.6. The van der Waals surface area contributed by atoms with Gasteiger partial charge in [0.25, 0.3) is 0 Å². The van der Waals surface area contributed by atoms with E-state index in [1.807, 2.05) is 65.6 Å². The standard InChI is InChI=1S/C37H37Cl2N5O5/c1-48-34-22(18-43-20-37(21-43)16-15-31(45)42-37)11-13-28(40-34)26-8-3-6-24(32(26)38)25-7-4-9-27(33(25)39)29-14-12-23(35(41-29)49-2)19-44-17-5-10-30(44)36(46)47/h3-4,6-9,11-14,30H,5,10,15-21H2,1-2H3,(H,42,45)(H,46,47)/t30-/m0/s1. The highest BCUT2D eigenvalue weighted by atomic mass is 35.5. The van der Waals surface area contributed by atoms with E-state index in [0.717, 1.165) is 53.7 Å². The van der Waals surface area contributed by atoms with Crippen LogP contribution in [0.4, 0.5) is 0 Å². The predicted octanol–water partition coefficient (Wildman–Crippen LogP) is 6.32. The minimum Gasteiger partial charge on any atom is -0.481 e. The van der Waals surface area contributed by atoms with Crippen molar-refractivity contribution in [3.63, 3.8) is 0 Å². The number of aromatic nitrogens is 2. The Morgan fingerprint density at radius 1 is 0.878 bits per heavy atom. The Bertz CT molecular complexity index is 1930. The number of hydrogen-bond acceptors (Lipinski definition) is 8. The van der Waals surface area contributed by atoms with E-state index in [-0.39, 0.29) is 11.4 Å². The van der Waals surface area contributed by atoms with Gasteiger partial charge in [0.2, 0.25) is 17.7 Å². The van der Waals surface area contributed by atoms with Gasteiger partial charge in [-0.15, -0.1) is 0 Å². The largest absolute Gasteiger partial charge is 0.481 e. The highest BCUT2D eigenvalue weighted by Gasteiger charge is 2.47. The minimum atomic E-state index is -0.809. The number of amides is 1. The third kappa shape index (κ3) is 6.46. The SMILES string of the molecule is COc1nc(-c2cccc(-c3cccc(-c4ccc(CN5CCC[C@H]5C(=O)O)c(OC)n4)c3Cl)c2Cl)ccc1CN1CC2(CCC(=O)N2)C1. The van der Waals surface area contributed by atoms with Crippen LogP contribution in [0.25, 0.3) is 33.6 Å². The number of rotatable bonds is 10. The molecule has 5 heterocycles. The molecule has 2 N–H and O–H groups in total. The quantitative estimate of drug-likeness (QED) is 0.196. The predicted molar refractivity (Wildman–Crippen MR) is 188 cm³/mol. The summed E-state index contributed by atoms with van der Waals surface area (Å²) in [5.74, 6) is 0.282. The van der Waals surface area contributed by atoms with Crippen molar-refractivity contribution in [3.05, 3.63) is 81.8 Å². The summed E-state index contributed by atoms with van der Waals surface area (Å²) < 4.78 is 11.4. The Labute approximate surface area is 295 Å². The highest BCUT2D eigenvalue weighted by Crippen LogP contribution is 2.43. The van der Waals surface area contributed by atoms with E-state index in [0.29, 0.717) is 71.2 Å². The maximum Gasteiger partial charge on any atom is 0.320 e. The average Bonchev–Trinajstić information content (AvgIpc) is 3.72. The fraction of sp³-hybridized carbons (Fsp3) is 0.351. The molecule has 4 aromatic rings. The molecule has 7 rings (SSSR count). The van der Waals surface area contributed by atoms with E-state index >= 15 is 0 Å². The van der Waals surface area contributed by atoms with E-state index < -0.39 is 12.0 Å². The molecule has 3 saturated heterocycles. The van der Waals surface area contributed by atoms with Gasteiger partial charge in [0.05, 0.1) is 41.2 Å². The zero-order valence-electron chi connectivity index (χ0n) is 27.3. The number of carboxylic acid groups (broad SMARTS) is 1. The second kappa shape index (κ2) is 13.6. The van der Waals surface area contributed by atoms with E-state index in [4.69, 9.17) is 42.6 Å². The number of likely N-dealkylation sites (tertiary alicyclic amines) is 2. The first-order valence-corrected chi connectivity index (χ1v) is 17.1. The smallest absolute Gasteiger partial charge is 0.320 e. The lowest BCUT2D eigenvalue weighted by molar-refractivity contribution is -0.142. The molecule has 0 saturated carbocycles. The van der Waals surface area contributed by atoms with Gasteiger partial charge in [-0.25, -0.2) is 9.97 Å². The fourth-order valence-electron chi connectivity index (χ4n) is 7.40. The Balaban J connectivity index is 1.13. The Morgan fingerprint density at radius 2 is 1.43 bits per heavy atom. The molecular formula is C37H37Cl2N5O5. The Hall–Kier alpha value is -4.22. The van der Waals surface area contributed by atoms with Crippen LogP contribution >= 0.6 is 23.2 Å². The summed E-state index contributed by atoms with van der Waals surface area (Å²) >= 11 is 14.2. The van der Waals surface area contributed by atoms with Crippen LogP contribution in [0.3, 0.4) is 0 Å². The summed E-state index contributed by atoms with van der Waals surface area (Å²) in [6.45, 7) is 3.45. The van der Waals surface area contributed by atoms with Crippen molar-refractivity contribution in [1.29, 1.82) is 0 Å². The van der Waals surface area contributed by atoms with Gasteiger partial charge >= 0.3 is 5.97 Å². The molecule has 49 heavy (non-hydrogen) atoms. The molecule has 3 aliphatic rings. The summed E-state index contributed by atoms with van der Waals surface area (Å²) in [5, 5.41) is 13.7. The van der Waals surface area contributed by atoms with Crippen LogP contribution in [-0.2, 0) is 22.7 Å². The summed E-state index contributed by atoms with van der Waals surface area (Å²) in [6.07, 6.45) is 2.95. The third-order valence-electron chi connectivity index (χ3n) is 9.81. The molecule has 0 bridgehead atoms. The number of carboxylic acids is 1. The molecule has 1 amide bonds. The summed E-state index contributed by atoms with van der Waals surface area (Å²) in [6, 6.07) is 18.8. The lowest BCUT2D eigenvalue weighted by atomic mass is 9.88. The first kappa shape index (κ1) is 33.3. The van der Waals surface area contributed by atoms with Crippen LogP contribution in [0.2, 0.25) is 10.0 Å². The van der Waals surface area contributed by atoms with Crippen LogP contribution in [0, 0.1) is 0 Å². The van der Waals surface area contributed by atoms with Gasteiger partial charge in [0.1, 0.15) is 6.04 Å². The van der Waals surface area contributed by atoms with Gasteiger partial charge in [-0.2, -0.15) is 0 Å². The van der Waals surface area contributed by atoms with Gasteiger partial charge in [-0.3, -0.25) is 19.4 Å². The number of aliphatic carboxylic acids is 1. The second-order valence-electron chi connectivity index (χ2n) is 13.0. The number of nitrogens with zero attached hydrogens (tertiary/aromatic N) is 4. The number of pyridine rings is 2. The molecule has 1 spiro atoms. The zero-order chi connectivity index (χ0) is 34.3. The molecule has 0 unspecified atom stereocenters. The topological polar surface area (TPSA) is 117 Å². The van der Waals surface area contributed by atoms with Crippen molar-refractivity contribution in [3.8, 4) is 45.4 Å². The van der Waals surface area contributed by atoms with E-state index in [2.05, 4.69) is 10.2 Å². The number of nitrogens with one attached hydrogen (secondary N) is 1. The van der Waals surface area contributed by atoms with Crippen molar-refractivity contribution in [2.45, 2.75) is 50.4 Å². The number of ether oxygens (including phenoxy) is 2. The van der Waals surface area contributed by atoms with Crippen LogP contribution < -0.4 is 14.8 Å². The molecule has 0 radical (unpaired) electrons. The first-order valence-electron chi connectivity index (χ1n) is 16.3. The van der Waals surface area contributed by atoms with Crippen molar-refractivity contribution >= 4 is 35.1 Å². The number of carbonyl (C=O) groups is 2. The highest BCUT2D eigenvalue weighted by molar-refractivity contribution is 6.39. The molecule has 2 aromatic heterocycles. The summed E-state index contributed by atoms with van der Waals surface area (Å²) in [7, 11) is 3.17. The average molecular weight is 703 g/mol. The molecular weight excluding hydrogens is 665 g/mol. The lowest BCUT2D eigenvalue weighted by Crippen LogP contribution is -2.66. The molecule has 10 nitrogen and oxygen atoms in total. The van der Waals surface area contributed by atoms with E-state index in [1.54, 1.807) is 14.2 Å². The Kier molecular flexibility index (Phi) is 9.23. The van der Waals surface area contributed by atoms with Crippen LogP contribution in [0.15, 0.2) is 60.7 Å². The first-order chi connectivity index (χ1) is 23.7. The number of hydrogen-bond donors (Lipinski definition) is 2. The van der Waals surface area contributed by atoms with Gasteiger partial charge < -0.3 is 19.9 Å². The second-order valence-corrected chi connectivity index (χ2v) is 13.8. The molecule has 254 valence electrons. The number of halogens is 2. The molecule has 3 aliphatic heterocycles. The van der Waals surface area contributed by atoms with Crippen molar-refractivity contribution in [1.82, 2.24) is 25.1 Å². The van der Waals surface area contributed by atoms with Crippen LogP contribution in [-0.4, -0.2) is 82.2 Å². The molecule has 2 aromatic carbocycles. The minimum absolute atomic E-state index is 0.0867. The van der Waals surface area contributed by atoms with Gasteiger partial charge in [0.15, 0.2) is 0 Å². The van der Waals surface area contributed by atoms with Crippen molar-refractivity contribution in [2.24, 2.45) is 0 Å². The van der Waals surface area contributed by atoms with Crippen LogP contribution in [0.1, 0.15) is 36.8 Å². The number of carbonyl (C=O) groups excluding carboxylic acids is 1. The normalized spacial score (nSPS) is 18.8. The van der Waals surface area contributed by atoms with Crippen molar-refractivity contribution < 1.29 is 24.2 Å². The number of methoxy groups -OCH3 is 2.